The number of likely N-dealkylation sites (tertiary alicyclic amines) is 1. The zero-order chi connectivity index (χ0) is 56.0. The van der Waals surface area contributed by atoms with Gasteiger partial charge < -0.3 is 48.1 Å². The molecule has 424 valence electrons. The predicted octanol–water partition coefficient (Wildman–Crippen LogP) is 8.07. The van der Waals surface area contributed by atoms with Crippen LogP contribution in [-0.4, -0.2) is 132 Å². The number of methoxy groups -OCH3 is 5. The zero-order valence-electron chi connectivity index (χ0n) is 46.2. The van der Waals surface area contributed by atoms with Gasteiger partial charge in [-0.2, -0.15) is 0 Å². The number of para-hydroxylation sites is 1. The molecule has 79 heavy (non-hydrogen) atoms. The number of piperidine rings is 2. The Kier molecular flexibility index (Phi) is 20.1. The third kappa shape index (κ3) is 13.7. The van der Waals surface area contributed by atoms with Crippen LogP contribution in [0.15, 0.2) is 72.8 Å². The fraction of sp³-hybridized carbons (Fsp3) is 0.500. The first-order chi connectivity index (χ1) is 38.4. The van der Waals surface area contributed by atoms with E-state index in [-0.39, 0.29) is 48.8 Å². The molecule has 3 fully saturated rings. The summed E-state index contributed by atoms with van der Waals surface area (Å²) >= 11 is 0. The molecule has 0 aromatic heterocycles. The molecule has 0 aliphatic carbocycles. The van der Waals surface area contributed by atoms with Crippen LogP contribution < -0.4 is 44.4 Å². The Morgan fingerprint density at radius 2 is 1.47 bits per heavy atom. The number of hydrogen-bond donors (Lipinski definition) is 3. The van der Waals surface area contributed by atoms with Crippen molar-refractivity contribution >= 4 is 41.2 Å². The van der Waals surface area contributed by atoms with Gasteiger partial charge >= 0.3 is 5.97 Å². The lowest BCUT2D eigenvalue weighted by Gasteiger charge is -2.37. The Morgan fingerprint density at radius 3 is 2.18 bits per heavy atom. The number of amides is 5. The van der Waals surface area contributed by atoms with Crippen LogP contribution in [0.25, 0.3) is 0 Å². The van der Waals surface area contributed by atoms with Crippen molar-refractivity contribution in [2.45, 2.75) is 133 Å². The summed E-state index contributed by atoms with van der Waals surface area (Å²) in [5.41, 5.74) is 3.46. The number of carbonyl (C=O) groups is 6. The Morgan fingerprint density at radius 1 is 0.747 bits per heavy atom. The topological polar surface area (TPSA) is 222 Å². The second kappa shape index (κ2) is 27.5. The van der Waals surface area contributed by atoms with E-state index in [1.807, 2.05) is 49.4 Å². The number of unbranched alkanes of at least 4 members (excludes halogenated alkanes) is 5. The SMILES string of the molecule is CC[C@H](C(=O)N1CCCC[C@H]1C(=O)O[C@H](CCc1ccc(OC)c(OC)c1)c1ccccc1OCC1OC1NCCCCCCCCNc1cccc2c1C(=O)N(C1CCC(=O)NC1=O)C2=O)c1cc(OC)c(OC)c(OC)c1. The summed E-state index contributed by atoms with van der Waals surface area (Å²) in [6, 6.07) is 20.2. The summed E-state index contributed by atoms with van der Waals surface area (Å²) in [6.45, 7) is 4.06. The normalized spacial score (nSPS) is 19.5. The molecule has 0 spiro atoms. The van der Waals surface area contributed by atoms with E-state index in [0.717, 1.165) is 68.4 Å². The highest BCUT2D eigenvalue weighted by molar-refractivity contribution is 6.25. The minimum atomic E-state index is -1.00. The van der Waals surface area contributed by atoms with Crippen molar-refractivity contribution in [3.05, 3.63) is 101 Å². The van der Waals surface area contributed by atoms with E-state index in [0.29, 0.717) is 90.1 Å². The zero-order valence-corrected chi connectivity index (χ0v) is 46.2. The lowest BCUT2D eigenvalue weighted by atomic mass is 9.91. The second-order valence-corrected chi connectivity index (χ2v) is 20.2. The van der Waals surface area contributed by atoms with Gasteiger partial charge in [0.2, 0.25) is 23.5 Å². The van der Waals surface area contributed by atoms with E-state index in [4.69, 9.17) is 37.9 Å². The van der Waals surface area contributed by atoms with Crippen LogP contribution in [0.4, 0.5) is 5.69 Å². The molecule has 4 aromatic rings. The van der Waals surface area contributed by atoms with Gasteiger partial charge in [0.1, 0.15) is 42.9 Å². The summed E-state index contributed by atoms with van der Waals surface area (Å²) in [6.07, 6.45) is 8.57. The van der Waals surface area contributed by atoms with Gasteiger partial charge in [-0.15, -0.1) is 0 Å². The number of nitrogens with one attached hydrogen (secondary N) is 3. The van der Waals surface area contributed by atoms with Crippen LogP contribution in [0.5, 0.6) is 34.5 Å². The number of rotatable bonds is 29. The van der Waals surface area contributed by atoms with Crippen molar-refractivity contribution in [2.24, 2.45) is 0 Å². The lowest BCUT2D eigenvalue weighted by molar-refractivity contribution is -0.162. The third-order valence-electron chi connectivity index (χ3n) is 15.2. The van der Waals surface area contributed by atoms with Gasteiger partial charge in [0, 0.05) is 30.8 Å². The van der Waals surface area contributed by atoms with Gasteiger partial charge in [0.05, 0.1) is 52.6 Å². The second-order valence-electron chi connectivity index (χ2n) is 20.2. The number of benzene rings is 4. The van der Waals surface area contributed by atoms with Gasteiger partial charge in [-0.3, -0.25) is 39.5 Å². The standard InChI is InChI=1S/C60H75N5O14/c1-7-39(38-34-49(74-4)54(76-6)50(35-38)75-5)57(68)64-32-17-14-22-44(64)60(71)79-46(27-24-37-25-28-47(72-2)48(33-37)73-3)40-19-12-13-23-45(40)77-36-51-56(78-51)62-31-16-11-9-8-10-15-30-61-42-21-18-20-41-53(42)59(70)65(58(41)69)43-26-29-52(66)63-55(43)67/h12-13,18-21,23,25,28,33-35,39,43-44,46,51,56,61-62H,7-11,14-17,22,24,26-27,29-32,36H2,1-6H3,(H,63,66,67)/t39-,43?,44-,46+,51?,56?/m0/s1. The molecule has 3 unspecified atom stereocenters. The van der Waals surface area contributed by atoms with E-state index in [1.165, 1.54) is 21.3 Å². The van der Waals surface area contributed by atoms with E-state index >= 15 is 0 Å². The van der Waals surface area contributed by atoms with Crippen molar-refractivity contribution in [2.75, 3.05) is 67.1 Å². The first kappa shape index (κ1) is 57.8. The molecule has 4 aliphatic rings. The quantitative estimate of drug-likeness (QED) is 0.0202. The molecule has 0 radical (unpaired) electrons. The minimum Gasteiger partial charge on any atom is -0.493 e. The third-order valence-corrected chi connectivity index (χ3v) is 15.2. The van der Waals surface area contributed by atoms with Crippen LogP contribution >= 0.6 is 0 Å². The van der Waals surface area contributed by atoms with Gasteiger partial charge in [0.25, 0.3) is 11.8 Å². The molecule has 4 aliphatic heterocycles. The van der Waals surface area contributed by atoms with Gasteiger partial charge in [-0.25, -0.2) is 4.79 Å². The van der Waals surface area contributed by atoms with Crippen LogP contribution in [0.1, 0.15) is 140 Å². The Balaban J connectivity index is 0.818. The first-order valence-corrected chi connectivity index (χ1v) is 27.6. The van der Waals surface area contributed by atoms with Gasteiger partial charge in [-0.1, -0.05) is 62.9 Å². The van der Waals surface area contributed by atoms with Crippen LogP contribution in [0, 0.1) is 0 Å². The summed E-state index contributed by atoms with van der Waals surface area (Å²) < 4.78 is 46.9. The molecule has 0 bridgehead atoms. The van der Waals surface area contributed by atoms with E-state index in [9.17, 15) is 28.8 Å². The predicted molar refractivity (Wildman–Crippen MR) is 293 cm³/mol. The van der Waals surface area contributed by atoms with Gasteiger partial charge in [0.15, 0.2) is 23.0 Å². The number of aryl methyl sites for hydroxylation is 1. The Hall–Kier alpha value is -7.38. The van der Waals surface area contributed by atoms with Gasteiger partial charge in [-0.05, 0) is 118 Å². The van der Waals surface area contributed by atoms with Crippen molar-refractivity contribution in [1.29, 1.82) is 0 Å². The summed E-state index contributed by atoms with van der Waals surface area (Å²) in [7, 11) is 7.80. The van der Waals surface area contributed by atoms with Crippen molar-refractivity contribution < 1.29 is 66.7 Å². The maximum absolute atomic E-state index is 14.6. The van der Waals surface area contributed by atoms with E-state index in [1.54, 1.807) is 49.5 Å². The Labute approximate surface area is 462 Å². The highest BCUT2D eigenvalue weighted by Crippen LogP contribution is 2.42. The smallest absolute Gasteiger partial charge is 0.329 e. The van der Waals surface area contributed by atoms with Crippen molar-refractivity contribution in [3.63, 3.8) is 0 Å². The number of imide groups is 2. The highest BCUT2D eigenvalue weighted by Gasteiger charge is 2.46. The number of fused-ring (bicyclic) bond motifs is 1. The molecule has 6 atom stereocenters. The number of nitrogens with zero attached hydrogens (tertiary/aromatic N) is 2. The molecule has 19 nitrogen and oxygen atoms in total. The minimum absolute atomic E-state index is 0.0698. The number of ether oxygens (including phenoxy) is 8. The molecule has 5 amide bonds. The van der Waals surface area contributed by atoms with Crippen LogP contribution in [0.2, 0.25) is 0 Å². The number of esters is 1. The monoisotopic (exact) mass is 1090 g/mol. The average Bonchev–Trinajstić information content (AvgIpc) is 4.21. The summed E-state index contributed by atoms with van der Waals surface area (Å²) in [4.78, 5) is 82.7. The molecule has 4 heterocycles. The maximum Gasteiger partial charge on any atom is 0.329 e. The fourth-order valence-electron chi connectivity index (χ4n) is 10.9. The molecule has 3 N–H and O–H groups in total. The first-order valence-electron chi connectivity index (χ1n) is 27.6. The lowest BCUT2D eigenvalue weighted by Crippen LogP contribution is -2.54. The summed E-state index contributed by atoms with van der Waals surface area (Å²) in [5.74, 6) is -0.200. The molecule has 19 heteroatoms. The van der Waals surface area contributed by atoms with Crippen molar-refractivity contribution in [3.8, 4) is 34.5 Å². The van der Waals surface area contributed by atoms with E-state index in [2.05, 4.69) is 16.0 Å². The molecule has 4 aromatic carbocycles. The number of carbonyl (C=O) groups excluding carboxylic acids is 6. The molecule has 0 saturated carbocycles. The largest absolute Gasteiger partial charge is 0.493 e. The van der Waals surface area contributed by atoms with Crippen LogP contribution in [-0.2, 0) is 35.1 Å². The number of anilines is 1. The number of epoxide rings is 1. The van der Waals surface area contributed by atoms with E-state index < -0.39 is 53.7 Å². The van der Waals surface area contributed by atoms with Crippen molar-refractivity contribution in [1.82, 2.24) is 20.4 Å². The molecular weight excluding hydrogens is 1010 g/mol. The highest BCUT2D eigenvalue weighted by atomic mass is 16.6. The Bertz CT molecular complexity index is 2800. The summed E-state index contributed by atoms with van der Waals surface area (Å²) in [5, 5.41) is 9.05. The van der Waals surface area contributed by atoms with Crippen LogP contribution in [0.3, 0.4) is 0 Å². The number of hydrogen-bond acceptors (Lipinski definition) is 16. The molecule has 8 rings (SSSR count). The molecule has 3 saturated heterocycles. The average molecular weight is 1090 g/mol. The molecular formula is C60H75N5O14. The maximum atomic E-state index is 14.6. The fourth-order valence-corrected chi connectivity index (χ4v) is 10.9.